The molecule has 7 nitrogen and oxygen atoms in total. The summed E-state index contributed by atoms with van der Waals surface area (Å²) in [6, 6.07) is 0. The molecule has 0 atom stereocenters. The number of aliphatic carboxylic acids is 1. The minimum atomic E-state index is -1.17. The van der Waals surface area contributed by atoms with Crippen molar-refractivity contribution in [1.29, 1.82) is 0 Å². The fourth-order valence-corrected chi connectivity index (χ4v) is 1.06. The second-order valence-corrected chi connectivity index (χ2v) is 3.66. The van der Waals surface area contributed by atoms with Gasteiger partial charge in [-0.3, -0.25) is 14.4 Å². The summed E-state index contributed by atoms with van der Waals surface area (Å²) in [5, 5.41) is 8.57. The van der Waals surface area contributed by atoms with Gasteiger partial charge in [-0.1, -0.05) is 0 Å². The van der Waals surface area contributed by atoms with Crippen LogP contribution < -0.4 is 5.73 Å². The Hall–Kier alpha value is -1.63. The zero-order chi connectivity index (χ0) is 12.7. The third kappa shape index (κ3) is 6.77. The lowest BCUT2D eigenvalue weighted by atomic mass is 10.3. The van der Waals surface area contributed by atoms with E-state index >= 15 is 0 Å². The molecule has 0 bridgehead atoms. The Morgan fingerprint density at radius 2 is 1.75 bits per heavy atom. The molecule has 2 amide bonds. The minimum Gasteiger partial charge on any atom is -0.480 e. The molecular weight excluding hydrogens is 214 g/mol. The maximum Gasteiger partial charge on any atom is 0.323 e. The van der Waals surface area contributed by atoms with Gasteiger partial charge in [-0.25, -0.2) is 0 Å². The molecule has 0 aromatic heterocycles. The molecule has 16 heavy (non-hydrogen) atoms. The summed E-state index contributed by atoms with van der Waals surface area (Å²) in [7, 11) is 3.59. The van der Waals surface area contributed by atoms with Gasteiger partial charge in [0, 0.05) is 13.0 Å². The number of rotatable bonds is 7. The van der Waals surface area contributed by atoms with Crippen LogP contribution in [0.2, 0.25) is 0 Å². The van der Waals surface area contributed by atoms with E-state index in [1.54, 1.807) is 19.0 Å². The summed E-state index contributed by atoms with van der Waals surface area (Å²) in [6.45, 7) is -0.374. The van der Waals surface area contributed by atoms with Crippen LogP contribution in [0, 0.1) is 0 Å². The number of carboxylic acids is 1. The maximum absolute atomic E-state index is 11.5. The fraction of sp³-hybridized carbons (Fsp3) is 0.667. The van der Waals surface area contributed by atoms with Crippen LogP contribution in [0.1, 0.15) is 6.42 Å². The van der Waals surface area contributed by atoms with Crippen LogP contribution in [0.25, 0.3) is 0 Å². The normalized spacial score (nSPS) is 10.2. The van der Waals surface area contributed by atoms with Gasteiger partial charge in [0.15, 0.2) is 0 Å². The Bertz CT molecular complexity index is 262. The molecule has 0 aromatic carbocycles. The van der Waals surface area contributed by atoms with Crippen molar-refractivity contribution in [1.82, 2.24) is 9.80 Å². The van der Waals surface area contributed by atoms with Gasteiger partial charge < -0.3 is 20.6 Å². The Balaban J connectivity index is 4.31. The topological polar surface area (TPSA) is 104 Å². The summed E-state index contributed by atoms with van der Waals surface area (Å²) in [5.74, 6) is -2.28. The molecule has 0 aliphatic carbocycles. The first-order chi connectivity index (χ1) is 7.32. The van der Waals surface area contributed by atoms with Gasteiger partial charge in [-0.05, 0) is 14.1 Å². The van der Waals surface area contributed by atoms with Gasteiger partial charge >= 0.3 is 5.97 Å². The van der Waals surface area contributed by atoms with Crippen molar-refractivity contribution >= 4 is 17.8 Å². The summed E-state index contributed by atoms with van der Waals surface area (Å²) in [4.78, 5) is 35.4. The number of primary amides is 1. The highest BCUT2D eigenvalue weighted by Crippen LogP contribution is 1.95. The third-order valence-electron chi connectivity index (χ3n) is 1.80. The van der Waals surface area contributed by atoms with Gasteiger partial charge in [0.05, 0.1) is 6.54 Å². The predicted molar refractivity (Wildman–Crippen MR) is 56.6 cm³/mol. The number of carbonyl (C=O) groups is 3. The van der Waals surface area contributed by atoms with Gasteiger partial charge in [-0.15, -0.1) is 0 Å². The highest BCUT2D eigenvalue weighted by molar-refractivity contribution is 5.86. The first-order valence-corrected chi connectivity index (χ1v) is 4.75. The van der Waals surface area contributed by atoms with E-state index in [1.165, 1.54) is 0 Å². The van der Waals surface area contributed by atoms with Crippen molar-refractivity contribution in [2.45, 2.75) is 6.42 Å². The van der Waals surface area contributed by atoms with E-state index in [0.29, 0.717) is 6.54 Å². The van der Waals surface area contributed by atoms with Gasteiger partial charge in [0.1, 0.15) is 6.54 Å². The number of carboxylic acid groups (broad SMARTS) is 1. The first kappa shape index (κ1) is 14.4. The van der Waals surface area contributed by atoms with Crippen molar-refractivity contribution in [2.75, 3.05) is 33.7 Å². The average Bonchev–Trinajstić information content (AvgIpc) is 2.11. The van der Waals surface area contributed by atoms with E-state index < -0.39 is 24.3 Å². The zero-order valence-corrected chi connectivity index (χ0v) is 9.47. The van der Waals surface area contributed by atoms with Crippen molar-refractivity contribution in [3.05, 3.63) is 0 Å². The fourth-order valence-electron chi connectivity index (χ4n) is 1.06. The molecule has 0 spiro atoms. The molecule has 0 aliphatic heterocycles. The van der Waals surface area contributed by atoms with Crippen LogP contribution in [-0.4, -0.2) is 66.4 Å². The standard InChI is InChI=1S/C9H17N3O4/c1-11(2)4-3-8(14)12(5-7(10)13)6-9(15)16/h3-6H2,1-2H3,(H2,10,13)(H,15,16). The molecule has 3 N–H and O–H groups in total. The molecule has 0 aromatic rings. The molecule has 92 valence electrons. The Kier molecular flexibility index (Phi) is 6.09. The van der Waals surface area contributed by atoms with E-state index in [1.807, 2.05) is 0 Å². The smallest absolute Gasteiger partial charge is 0.323 e. The largest absolute Gasteiger partial charge is 0.480 e. The molecule has 7 heteroatoms. The van der Waals surface area contributed by atoms with Gasteiger partial charge in [0.25, 0.3) is 0 Å². The summed E-state index contributed by atoms with van der Waals surface area (Å²) in [5.41, 5.74) is 4.93. The highest BCUT2D eigenvalue weighted by atomic mass is 16.4. The molecule has 0 aliphatic rings. The highest BCUT2D eigenvalue weighted by Gasteiger charge is 2.18. The SMILES string of the molecule is CN(C)CCC(=O)N(CC(N)=O)CC(=O)O. The Morgan fingerprint density at radius 1 is 1.19 bits per heavy atom. The lowest BCUT2D eigenvalue weighted by Crippen LogP contribution is -2.42. The number of nitrogens with two attached hydrogens (primary N) is 1. The number of amides is 2. The molecule has 0 radical (unpaired) electrons. The van der Waals surface area contributed by atoms with Crippen LogP contribution in [0.15, 0.2) is 0 Å². The van der Waals surface area contributed by atoms with Crippen molar-refractivity contribution < 1.29 is 19.5 Å². The molecule has 0 saturated carbocycles. The first-order valence-electron chi connectivity index (χ1n) is 4.75. The van der Waals surface area contributed by atoms with Gasteiger partial charge in [0.2, 0.25) is 11.8 Å². The maximum atomic E-state index is 11.5. The molecule has 0 heterocycles. The van der Waals surface area contributed by atoms with E-state index in [-0.39, 0.29) is 13.0 Å². The van der Waals surface area contributed by atoms with E-state index in [2.05, 4.69) is 0 Å². The van der Waals surface area contributed by atoms with Crippen molar-refractivity contribution in [3.63, 3.8) is 0 Å². The summed E-state index contributed by atoms with van der Waals surface area (Å²) in [6.07, 6.45) is 0.160. The molecule has 0 fully saturated rings. The second-order valence-electron chi connectivity index (χ2n) is 3.66. The van der Waals surface area contributed by atoms with Crippen LogP contribution in [0.4, 0.5) is 0 Å². The second kappa shape index (κ2) is 6.78. The van der Waals surface area contributed by atoms with E-state index in [9.17, 15) is 14.4 Å². The number of hydrogen-bond acceptors (Lipinski definition) is 4. The van der Waals surface area contributed by atoms with Crippen molar-refractivity contribution in [2.24, 2.45) is 5.73 Å². The number of carbonyl (C=O) groups excluding carboxylic acids is 2. The van der Waals surface area contributed by atoms with Crippen LogP contribution in [0.5, 0.6) is 0 Å². The third-order valence-corrected chi connectivity index (χ3v) is 1.80. The monoisotopic (exact) mass is 231 g/mol. The lowest BCUT2D eigenvalue weighted by molar-refractivity contribution is -0.145. The van der Waals surface area contributed by atoms with E-state index in [4.69, 9.17) is 10.8 Å². The quantitative estimate of drug-likeness (QED) is 0.545. The lowest BCUT2D eigenvalue weighted by Gasteiger charge is -2.19. The van der Waals surface area contributed by atoms with Gasteiger partial charge in [-0.2, -0.15) is 0 Å². The van der Waals surface area contributed by atoms with E-state index in [0.717, 1.165) is 4.90 Å². The molecule has 0 unspecified atom stereocenters. The van der Waals surface area contributed by atoms with Crippen LogP contribution >= 0.6 is 0 Å². The Morgan fingerprint density at radius 3 is 2.12 bits per heavy atom. The molecular formula is C9H17N3O4. The predicted octanol–water partition coefficient (Wildman–Crippen LogP) is -1.66. The summed E-state index contributed by atoms with van der Waals surface area (Å²) < 4.78 is 0. The summed E-state index contributed by atoms with van der Waals surface area (Å²) >= 11 is 0. The zero-order valence-electron chi connectivity index (χ0n) is 9.47. The molecule has 0 rings (SSSR count). The Labute approximate surface area is 93.8 Å². The van der Waals surface area contributed by atoms with Crippen LogP contribution in [-0.2, 0) is 14.4 Å². The number of hydrogen-bond donors (Lipinski definition) is 2. The van der Waals surface area contributed by atoms with Crippen molar-refractivity contribution in [3.8, 4) is 0 Å². The average molecular weight is 231 g/mol. The minimum absolute atomic E-state index is 0.160. The number of nitrogens with zero attached hydrogens (tertiary/aromatic N) is 2. The van der Waals surface area contributed by atoms with Crippen LogP contribution in [0.3, 0.4) is 0 Å². The molecule has 0 saturated heterocycles.